The van der Waals surface area contributed by atoms with E-state index >= 15 is 0 Å². The van der Waals surface area contributed by atoms with Crippen molar-refractivity contribution in [3.8, 4) is 17.3 Å². The Morgan fingerprint density at radius 2 is 1.85 bits per heavy atom. The molecule has 0 radical (unpaired) electrons. The quantitative estimate of drug-likeness (QED) is 0.876. The number of nitrogens with zero attached hydrogens (tertiary/aromatic N) is 4. The van der Waals surface area contributed by atoms with Gasteiger partial charge in [0.15, 0.2) is 0 Å². The van der Waals surface area contributed by atoms with E-state index in [9.17, 15) is 5.26 Å². The van der Waals surface area contributed by atoms with Gasteiger partial charge in [-0.25, -0.2) is 4.98 Å². The van der Waals surface area contributed by atoms with Crippen molar-refractivity contribution in [1.82, 2.24) is 9.97 Å². The van der Waals surface area contributed by atoms with Gasteiger partial charge < -0.3 is 16.4 Å². The van der Waals surface area contributed by atoms with Gasteiger partial charge in [0, 0.05) is 24.8 Å². The minimum absolute atomic E-state index is 0.0613. The maximum Gasteiger partial charge on any atom is 0.222 e. The second-order valence-electron chi connectivity index (χ2n) is 4.36. The molecule has 1 heterocycles. The molecule has 0 aliphatic rings. The molecule has 2 rings (SSSR count). The van der Waals surface area contributed by atoms with Crippen LogP contribution in [0, 0.1) is 11.3 Å². The Hall–Kier alpha value is -2.81. The standard InChI is InChI=1S/C14H16N6/c1-3-20(2)10-6-4-9(5-7-10)12-11(8-15)13(16)19-14(17)18-12/h4-7H,3H2,1-2H3,(H4,16,17,18,19). The van der Waals surface area contributed by atoms with Crippen LogP contribution in [-0.4, -0.2) is 23.6 Å². The summed E-state index contributed by atoms with van der Waals surface area (Å²) in [7, 11) is 2.01. The van der Waals surface area contributed by atoms with Gasteiger partial charge >= 0.3 is 0 Å². The lowest BCUT2D eigenvalue weighted by atomic mass is 10.1. The first kappa shape index (κ1) is 13.6. The fourth-order valence-electron chi connectivity index (χ4n) is 1.87. The fourth-order valence-corrected chi connectivity index (χ4v) is 1.87. The number of hydrogen-bond donors (Lipinski definition) is 2. The highest BCUT2D eigenvalue weighted by atomic mass is 15.1. The number of aromatic nitrogens is 2. The predicted molar refractivity (Wildman–Crippen MR) is 80.0 cm³/mol. The molecule has 20 heavy (non-hydrogen) atoms. The summed E-state index contributed by atoms with van der Waals surface area (Å²) >= 11 is 0. The van der Waals surface area contributed by atoms with E-state index in [0.29, 0.717) is 5.69 Å². The summed E-state index contributed by atoms with van der Waals surface area (Å²) in [5, 5.41) is 9.17. The number of hydrogen-bond acceptors (Lipinski definition) is 6. The molecule has 0 aliphatic heterocycles. The molecule has 6 nitrogen and oxygen atoms in total. The van der Waals surface area contributed by atoms with Gasteiger partial charge in [0.05, 0.1) is 5.69 Å². The molecule has 0 atom stereocenters. The molecule has 0 spiro atoms. The van der Waals surface area contributed by atoms with Gasteiger partial charge in [0.25, 0.3) is 0 Å². The van der Waals surface area contributed by atoms with Crippen molar-refractivity contribution >= 4 is 17.5 Å². The Labute approximate surface area is 117 Å². The largest absolute Gasteiger partial charge is 0.382 e. The molecule has 0 unspecified atom stereocenters. The van der Waals surface area contributed by atoms with Crippen LogP contribution in [0.15, 0.2) is 24.3 Å². The average Bonchev–Trinajstić information content (AvgIpc) is 2.46. The number of nitrogen functional groups attached to an aromatic ring is 2. The first-order chi connectivity index (χ1) is 9.56. The van der Waals surface area contributed by atoms with Crippen molar-refractivity contribution in [2.24, 2.45) is 0 Å². The number of nitrogens with two attached hydrogens (primary N) is 2. The van der Waals surface area contributed by atoms with Crippen molar-refractivity contribution in [2.75, 3.05) is 30.0 Å². The van der Waals surface area contributed by atoms with Crippen LogP contribution in [-0.2, 0) is 0 Å². The van der Waals surface area contributed by atoms with E-state index in [1.165, 1.54) is 0 Å². The second kappa shape index (κ2) is 5.45. The molecule has 0 aliphatic carbocycles. The van der Waals surface area contributed by atoms with E-state index in [2.05, 4.69) is 21.8 Å². The fraction of sp³-hybridized carbons (Fsp3) is 0.214. The number of rotatable bonds is 3. The van der Waals surface area contributed by atoms with Gasteiger partial charge in [-0.2, -0.15) is 10.2 Å². The number of benzene rings is 1. The van der Waals surface area contributed by atoms with Gasteiger partial charge in [-0.05, 0) is 19.1 Å². The smallest absolute Gasteiger partial charge is 0.222 e. The number of anilines is 3. The Morgan fingerprint density at radius 1 is 1.20 bits per heavy atom. The van der Waals surface area contributed by atoms with Crippen LogP contribution in [0.4, 0.5) is 17.5 Å². The van der Waals surface area contributed by atoms with Gasteiger partial charge in [0.1, 0.15) is 17.5 Å². The first-order valence-electron chi connectivity index (χ1n) is 6.21. The van der Waals surface area contributed by atoms with Gasteiger partial charge in [-0.1, -0.05) is 12.1 Å². The minimum atomic E-state index is 0.0613. The van der Waals surface area contributed by atoms with E-state index in [1.54, 1.807) is 0 Å². The van der Waals surface area contributed by atoms with Crippen LogP contribution >= 0.6 is 0 Å². The Balaban J connectivity index is 2.50. The monoisotopic (exact) mass is 268 g/mol. The zero-order chi connectivity index (χ0) is 14.7. The van der Waals surface area contributed by atoms with Crippen LogP contribution in [0.3, 0.4) is 0 Å². The van der Waals surface area contributed by atoms with Crippen molar-refractivity contribution < 1.29 is 0 Å². The van der Waals surface area contributed by atoms with E-state index in [1.807, 2.05) is 37.4 Å². The molecule has 4 N–H and O–H groups in total. The maximum atomic E-state index is 9.17. The minimum Gasteiger partial charge on any atom is -0.382 e. The summed E-state index contributed by atoms with van der Waals surface area (Å²) in [5.41, 5.74) is 13.9. The van der Waals surface area contributed by atoms with E-state index in [4.69, 9.17) is 11.5 Å². The summed E-state index contributed by atoms with van der Waals surface area (Å²) in [6.45, 7) is 2.99. The Morgan fingerprint density at radius 3 is 2.40 bits per heavy atom. The molecule has 6 heteroatoms. The highest BCUT2D eigenvalue weighted by molar-refractivity contribution is 5.74. The average molecular weight is 268 g/mol. The van der Waals surface area contributed by atoms with E-state index in [-0.39, 0.29) is 17.3 Å². The Bertz CT molecular complexity index is 657. The predicted octanol–water partition coefficient (Wildman–Crippen LogP) is 1.64. The molecule has 1 aromatic carbocycles. The Kier molecular flexibility index (Phi) is 3.71. The van der Waals surface area contributed by atoms with E-state index < -0.39 is 0 Å². The lowest BCUT2D eigenvalue weighted by molar-refractivity contribution is 0.968. The summed E-state index contributed by atoms with van der Waals surface area (Å²) in [5.74, 6) is 0.163. The highest BCUT2D eigenvalue weighted by Gasteiger charge is 2.13. The lowest BCUT2D eigenvalue weighted by Gasteiger charge is -2.17. The van der Waals surface area contributed by atoms with Gasteiger partial charge in [-0.3, -0.25) is 0 Å². The molecule has 102 valence electrons. The molecule has 2 aromatic rings. The molecule has 0 amide bonds. The maximum absolute atomic E-state index is 9.17. The zero-order valence-electron chi connectivity index (χ0n) is 11.5. The van der Waals surface area contributed by atoms with Crippen LogP contribution in [0.1, 0.15) is 12.5 Å². The molecule has 0 saturated heterocycles. The molecular weight excluding hydrogens is 252 g/mol. The summed E-state index contributed by atoms with van der Waals surface area (Å²) in [4.78, 5) is 10.0. The molecule has 1 aromatic heterocycles. The topological polar surface area (TPSA) is 105 Å². The summed E-state index contributed by atoms with van der Waals surface area (Å²) in [6.07, 6.45) is 0. The lowest BCUT2D eigenvalue weighted by Crippen LogP contribution is -2.15. The van der Waals surface area contributed by atoms with Gasteiger partial charge in [-0.15, -0.1) is 0 Å². The summed E-state index contributed by atoms with van der Waals surface area (Å²) in [6, 6.07) is 9.74. The molecule has 0 saturated carbocycles. The van der Waals surface area contributed by atoms with Crippen molar-refractivity contribution in [3.05, 3.63) is 29.8 Å². The molecular formula is C14H16N6. The van der Waals surface area contributed by atoms with Crippen molar-refractivity contribution in [3.63, 3.8) is 0 Å². The van der Waals surface area contributed by atoms with Crippen molar-refractivity contribution in [1.29, 1.82) is 5.26 Å². The first-order valence-corrected chi connectivity index (χ1v) is 6.21. The molecule has 0 bridgehead atoms. The number of nitriles is 1. The highest BCUT2D eigenvalue weighted by Crippen LogP contribution is 2.26. The third-order valence-corrected chi connectivity index (χ3v) is 3.12. The second-order valence-corrected chi connectivity index (χ2v) is 4.36. The van der Waals surface area contributed by atoms with Crippen LogP contribution in [0.2, 0.25) is 0 Å². The van der Waals surface area contributed by atoms with Gasteiger partial charge in [0.2, 0.25) is 5.95 Å². The van der Waals surface area contributed by atoms with Crippen LogP contribution in [0.25, 0.3) is 11.3 Å². The van der Waals surface area contributed by atoms with Crippen LogP contribution in [0.5, 0.6) is 0 Å². The van der Waals surface area contributed by atoms with Crippen LogP contribution < -0.4 is 16.4 Å². The zero-order valence-corrected chi connectivity index (χ0v) is 11.5. The SMILES string of the molecule is CCN(C)c1ccc(-c2nc(N)nc(N)c2C#N)cc1. The third kappa shape index (κ3) is 2.47. The molecule has 0 fully saturated rings. The summed E-state index contributed by atoms with van der Waals surface area (Å²) < 4.78 is 0. The third-order valence-electron chi connectivity index (χ3n) is 3.12. The van der Waals surface area contributed by atoms with E-state index in [0.717, 1.165) is 17.8 Å². The normalized spacial score (nSPS) is 10.1. The van der Waals surface area contributed by atoms with Crippen molar-refractivity contribution in [2.45, 2.75) is 6.92 Å².